The van der Waals surface area contributed by atoms with Crippen LogP contribution >= 0.6 is 0 Å². The van der Waals surface area contributed by atoms with Crippen LogP contribution in [0.25, 0.3) is 33.2 Å². The first kappa shape index (κ1) is 18.7. The second-order valence-electron chi connectivity index (χ2n) is 8.13. The van der Waals surface area contributed by atoms with Gasteiger partial charge in [0.2, 0.25) is 0 Å². The second kappa shape index (κ2) is 6.90. The number of benzene rings is 1. The van der Waals surface area contributed by atoms with Crippen molar-refractivity contribution in [3.63, 3.8) is 0 Å². The summed E-state index contributed by atoms with van der Waals surface area (Å²) in [5, 5.41) is 9.04. The minimum atomic E-state index is -0.388. The first-order valence-corrected chi connectivity index (χ1v) is 10.2. The zero-order chi connectivity index (χ0) is 21.0. The first-order chi connectivity index (χ1) is 14.5. The summed E-state index contributed by atoms with van der Waals surface area (Å²) < 4.78 is 18.1. The van der Waals surface area contributed by atoms with Crippen molar-refractivity contribution in [2.24, 2.45) is 7.05 Å². The fourth-order valence-corrected chi connectivity index (χ4v) is 4.29. The van der Waals surface area contributed by atoms with Crippen molar-refractivity contribution in [1.29, 1.82) is 0 Å². The number of fused-ring (bicyclic) bond motifs is 3. The van der Waals surface area contributed by atoms with E-state index in [1.54, 1.807) is 23.9 Å². The SMILES string of the molecule is CC(C)n1c(=O)n(C)c2nnc3cc(F)c(-c4ccc(N5CCCC5)nc4)cc3c21. The highest BCUT2D eigenvalue weighted by molar-refractivity contribution is 6.02. The Morgan fingerprint density at radius 3 is 2.53 bits per heavy atom. The van der Waals surface area contributed by atoms with E-state index in [-0.39, 0.29) is 17.5 Å². The largest absolute Gasteiger partial charge is 0.357 e. The molecular formula is C22H23FN6O. The molecule has 0 spiro atoms. The van der Waals surface area contributed by atoms with Crippen LogP contribution in [0, 0.1) is 5.82 Å². The second-order valence-corrected chi connectivity index (χ2v) is 8.13. The number of aromatic nitrogens is 5. The average Bonchev–Trinajstić information content (AvgIpc) is 3.35. The van der Waals surface area contributed by atoms with Gasteiger partial charge >= 0.3 is 5.69 Å². The Kier molecular flexibility index (Phi) is 4.30. The Balaban J connectivity index is 1.71. The van der Waals surface area contributed by atoms with Crippen LogP contribution < -0.4 is 10.6 Å². The number of nitrogens with zero attached hydrogens (tertiary/aromatic N) is 6. The number of imidazole rings is 1. The van der Waals surface area contributed by atoms with Gasteiger partial charge < -0.3 is 4.90 Å². The molecule has 0 radical (unpaired) electrons. The number of aryl methyl sites for hydroxylation is 1. The summed E-state index contributed by atoms with van der Waals surface area (Å²) in [6, 6.07) is 6.91. The van der Waals surface area contributed by atoms with Gasteiger partial charge in [-0.2, -0.15) is 0 Å². The molecule has 1 aromatic carbocycles. The van der Waals surface area contributed by atoms with Gasteiger partial charge in [-0.1, -0.05) is 0 Å². The van der Waals surface area contributed by atoms with Crippen LogP contribution in [0.1, 0.15) is 32.7 Å². The maximum atomic E-state index is 15.0. The summed E-state index contributed by atoms with van der Waals surface area (Å²) in [5.41, 5.74) is 2.54. The minimum Gasteiger partial charge on any atom is -0.357 e. The number of pyridine rings is 1. The summed E-state index contributed by atoms with van der Waals surface area (Å²) >= 11 is 0. The average molecular weight is 406 g/mol. The molecule has 0 unspecified atom stereocenters. The van der Waals surface area contributed by atoms with E-state index in [1.165, 1.54) is 23.5 Å². The third-order valence-electron chi connectivity index (χ3n) is 5.86. The molecule has 0 atom stereocenters. The molecule has 1 aliphatic rings. The number of hydrogen-bond acceptors (Lipinski definition) is 5. The summed E-state index contributed by atoms with van der Waals surface area (Å²) in [4.78, 5) is 19.5. The van der Waals surface area contributed by atoms with Gasteiger partial charge in [0.15, 0.2) is 5.65 Å². The predicted octanol–water partition coefficient (Wildman–Crippen LogP) is 3.67. The van der Waals surface area contributed by atoms with Crippen molar-refractivity contribution < 1.29 is 4.39 Å². The number of anilines is 1. The van der Waals surface area contributed by atoms with Gasteiger partial charge in [0.1, 0.15) is 17.2 Å². The van der Waals surface area contributed by atoms with Crippen LogP contribution in [-0.2, 0) is 7.05 Å². The van der Waals surface area contributed by atoms with Crippen LogP contribution in [-0.4, -0.2) is 37.4 Å². The van der Waals surface area contributed by atoms with Crippen LogP contribution in [0.3, 0.4) is 0 Å². The van der Waals surface area contributed by atoms with Gasteiger partial charge in [0, 0.05) is 55.0 Å². The Morgan fingerprint density at radius 1 is 1.10 bits per heavy atom. The molecule has 0 aliphatic carbocycles. The minimum absolute atomic E-state index is 0.0662. The van der Waals surface area contributed by atoms with Gasteiger partial charge in [-0.15, -0.1) is 10.2 Å². The molecule has 154 valence electrons. The molecule has 8 heteroatoms. The molecule has 4 heterocycles. The monoisotopic (exact) mass is 406 g/mol. The molecule has 1 fully saturated rings. The molecule has 0 amide bonds. The lowest BCUT2D eigenvalue weighted by Gasteiger charge is -2.16. The highest BCUT2D eigenvalue weighted by atomic mass is 19.1. The molecule has 3 aromatic heterocycles. The highest BCUT2D eigenvalue weighted by Gasteiger charge is 2.20. The number of hydrogen-bond donors (Lipinski definition) is 0. The van der Waals surface area contributed by atoms with E-state index in [4.69, 9.17) is 0 Å². The zero-order valence-corrected chi connectivity index (χ0v) is 17.3. The smallest absolute Gasteiger partial charge is 0.330 e. The van der Waals surface area contributed by atoms with Crippen molar-refractivity contribution in [2.75, 3.05) is 18.0 Å². The van der Waals surface area contributed by atoms with Gasteiger partial charge in [-0.05, 0) is 44.9 Å². The molecule has 0 bridgehead atoms. The van der Waals surface area contributed by atoms with Crippen molar-refractivity contribution in [3.05, 3.63) is 46.8 Å². The van der Waals surface area contributed by atoms with Crippen LogP contribution in [0.4, 0.5) is 10.2 Å². The van der Waals surface area contributed by atoms with E-state index in [0.717, 1.165) is 18.9 Å². The van der Waals surface area contributed by atoms with Crippen LogP contribution in [0.2, 0.25) is 0 Å². The molecule has 1 saturated heterocycles. The lowest BCUT2D eigenvalue weighted by atomic mass is 10.0. The Labute approximate surface area is 172 Å². The Hall–Kier alpha value is -3.29. The number of halogens is 1. The fraction of sp³-hybridized carbons (Fsp3) is 0.364. The third-order valence-corrected chi connectivity index (χ3v) is 5.86. The standard InChI is InChI=1S/C22H23FN6O/c1-13(2)29-20-16-10-15(14-6-7-19(24-12-14)28-8-4-5-9-28)17(23)11-18(16)25-26-21(20)27(3)22(29)30/h6-7,10-13H,4-5,8-9H2,1-3H3. The molecule has 0 N–H and O–H groups in total. The van der Waals surface area contributed by atoms with Gasteiger partial charge in [-0.3, -0.25) is 9.13 Å². The third kappa shape index (κ3) is 2.78. The van der Waals surface area contributed by atoms with E-state index in [2.05, 4.69) is 20.1 Å². The van der Waals surface area contributed by atoms with E-state index in [9.17, 15) is 9.18 Å². The highest BCUT2D eigenvalue weighted by Crippen LogP contribution is 2.31. The Morgan fingerprint density at radius 2 is 1.87 bits per heavy atom. The molecular weight excluding hydrogens is 383 g/mol. The van der Waals surface area contributed by atoms with Crippen molar-refractivity contribution in [3.8, 4) is 11.1 Å². The van der Waals surface area contributed by atoms with Gasteiger partial charge in [0.25, 0.3) is 0 Å². The van der Waals surface area contributed by atoms with E-state index >= 15 is 0 Å². The summed E-state index contributed by atoms with van der Waals surface area (Å²) in [5.74, 6) is 0.531. The van der Waals surface area contributed by atoms with Crippen molar-refractivity contribution in [1.82, 2.24) is 24.3 Å². The lowest BCUT2D eigenvalue weighted by molar-refractivity contribution is 0.584. The van der Waals surface area contributed by atoms with Gasteiger partial charge in [0.05, 0.1) is 5.52 Å². The van der Waals surface area contributed by atoms with Crippen LogP contribution in [0.5, 0.6) is 0 Å². The van der Waals surface area contributed by atoms with Crippen molar-refractivity contribution in [2.45, 2.75) is 32.7 Å². The summed E-state index contributed by atoms with van der Waals surface area (Å²) in [6.45, 7) is 5.90. The normalized spacial score (nSPS) is 14.5. The summed E-state index contributed by atoms with van der Waals surface area (Å²) in [7, 11) is 1.68. The van der Waals surface area contributed by atoms with Gasteiger partial charge in [-0.25, -0.2) is 14.2 Å². The maximum absolute atomic E-state index is 15.0. The summed E-state index contributed by atoms with van der Waals surface area (Å²) in [6.07, 6.45) is 4.06. The predicted molar refractivity (Wildman–Crippen MR) is 115 cm³/mol. The maximum Gasteiger partial charge on any atom is 0.330 e. The quantitative estimate of drug-likeness (QED) is 0.519. The molecule has 7 nitrogen and oxygen atoms in total. The topological polar surface area (TPSA) is 68.8 Å². The molecule has 1 aliphatic heterocycles. The first-order valence-electron chi connectivity index (χ1n) is 10.2. The molecule has 0 saturated carbocycles. The molecule has 30 heavy (non-hydrogen) atoms. The molecule has 5 rings (SSSR count). The number of rotatable bonds is 3. The fourth-order valence-electron chi connectivity index (χ4n) is 4.29. The van der Waals surface area contributed by atoms with Crippen molar-refractivity contribution >= 4 is 27.9 Å². The van der Waals surface area contributed by atoms with Crippen LogP contribution in [0.15, 0.2) is 35.3 Å². The lowest BCUT2D eigenvalue weighted by Crippen LogP contribution is -2.23. The van der Waals surface area contributed by atoms with E-state index < -0.39 is 0 Å². The zero-order valence-electron chi connectivity index (χ0n) is 17.3. The van der Waals surface area contributed by atoms with E-state index in [1.807, 2.05) is 26.0 Å². The molecule has 4 aromatic rings. The Bertz CT molecular complexity index is 1320. The van der Waals surface area contributed by atoms with E-state index in [0.29, 0.717) is 33.2 Å².